The Balaban J connectivity index is 1.78. The number of nitrogens with one attached hydrogen (secondary N) is 1. The zero-order chi connectivity index (χ0) is 18.2. The fourth-order valence-electron chi connectivity index (χ4n) is 3.00. The van der Waals surface area contributed by atoms with Gasteiger partial charge in [-0.3, -0.25) is 4.79 Å². The van der Waals surface area contributed by atoms with E-state index in [0.29, 0.717) is 23.1 Å². The summed E-state index contributed by atoms with van der Waals surface area (Å²) in [7, 11) is -3.11. The molecule has 1 amide bonds. The van der Waals surface area contributed by atoms with Gasteiger partial charge >= 0.3 is 0 Å². The van der Waals surface area contributed by atoms with Gasteiger partial charge in [0.05, 0.1) is 17.0 Å². The minimum atomic E-state index is -3.11. The first-order valence-electron chi connectivity index (χ1n) is 7.80. The Labute approximate surface area is 145 Å². The van der Waals surface area contributed by atoms with Gasteiger partial charge < -0.3 is 10.4 Å². The van der Waals surface area contributed by atoms with Crippen LogP contribution in [0.15, 0.2) is 42.5 Å². The van der Waals surface area contributed by atoms with Crippen molar-refractivity contribution in [2.45, 2.75) is 18.9 Å². The maximum absolute atomic E-state index is 13.4. The van der Waals surface area contributed by atoms with Crippen LogP contribution in [0.2, 0.25) is 0 Å². The number of sulfone groups is 1. The Kier molecular flexibility index (Phi) is 4.28. The molecule has 0 saturated carbocycles. The van der Waals surface area contributed by atoms with E-state index in [4.69, 9.17) is 0 Å². The molecule has 2 N–H and O–H groups in total. The number of hydrogen-bond acceptors (Lipinski definition) is 4. The predicted molar refractivity (Wildman–Crippen MR) is 92.6 cm³/mol. The Hall–Kier alpha value is -2.41. The summed E-state index contributed by atoms with van der Waals surface area (Å²) in [6.07, 6.45) is 0.385. The van der Waals surface area contributed by atoms with Crippen LogP contribution in [0, 0.1) is 5.82 Å². The normalized spacial score (nSPS) is 21.8. The summed E-state index contributed by atoms with van der Waals surface area (Å²) >= 11 is 0. The van der Waals surface area contributed by atoms with Gasteiger partial charge in [0.2, 0.25) is 0 Å². The summed E-state index contributed by atoms with van der Waals surface area (Å²) < 4.78 is 36.7. The van der Waals surface area contributed by atoms with Crippen molar-refractivity contribution in [3.05, 3.63) is 53.8 Å². The number of carbonyl (C=O) groups excluding carboxylic acids is 1. The highest BCUT2D eigenvalue weighted by Gasteiger charge is 2.39. The molecule has 0 spiro atoms. The zero-order valence-electron chi connectivity index (χ0n) is 13.6. The molecule has 0 unspecified atom stereocenters. The largest absolute Gasteiger partial charge is 0.504 e. The number of rotatable bonds is 3. The Morgan fingerprint density at radius 1 is 1.20 bits per heavy atom. The summed E-state index contributed by atoms with van der Waals surface area (Å²) in [5, 5.41) is 12.6. The number of para-hydroxylation sites is 1. The highest BCUT2D eigenvalue weighted by atomic mass is 32.2. The van der Waals surface area contributed by atoms with E-state index in [1.54, 1.807) is 37.3 Å². The second kappa shape index (κ2) is 6.15. The smallest absolute Gasteiger partial charge is 0.251 e. The lowest BCUT2D eigenvalue weighted by Crippen LogP contribution is -2.46. The van der Waals surface area contributed by atoms with Crippen LogP contribution >= 0.6 is 0 Å². The van der Waals surface area contributed by atoms with Gasteiger partial charge in [-0.25, -0.2) is 12.8 Å². The Morgan fingerprint density at radius 3 is 2.48 bits per heavy atom. The number of phenolic OH excluding ortho intramolecular Hbond substituents is 1. The molecule has 0 aromatic heterocycles. The molecule has 1 atom stereocenters. The second-order valence-corrected chi connectivity index (χ2v) is 8.75. The van der Waals surface area contributed by atoms with Gasteiger partial charge in [-0.2, -0.15) is 0 Å². The van der Waals surface area contributed by atoms with E-state index >= 15 is 0 Å². The van der Waals surface area contributed by atoms with Gasteiger partial charge in [0.25, 0.3) is 5.91 Å². The van der Waals surface area contributed by atoms with E-state index in [-0.39, 0.29) is 17.4 Å². The van der Waals surface area contributed by atoms with Crippen LogP contribution in [0.25, 0.3) is 11.1 Å². The summed E-state index contributed by atoms with van der Waals surface area (Å²) in [5.74, 6) is -1.52. The molecular weight excluding hydrogens is 345 g/mol. The lowest BCUT2D eigenvalue weighted by molar-refractivity contribution is 0.0915. The minimum absolute atomic E-state index is 0.0685. The number of hydrogen-bond donors (Lipinski definition) is 2. The zero-order valence-corrected chi connectivity index (χ0v) is 14.4. The number of carbonyl (C=O) groups is 1. The van der Waals surface area contributed by atoms with Crippen LogP contribution < -0.4 is 5.32 Å². The van der Waals surface area contributed by atoms with Crippen molar-refractivity contribution in [3.8, 4) is 16.9 Å². The molecule has 7 heteroatoms. The number of amides is 1. The van der Waals surface area contributed by atoms with Gasteiger partial charge in [-0.15, -0.1) is 0 Å². The van der Waals surface area contributed by atoms with Crippen LogP contribution in [-0.4, -0.2) is 36.5 Å². The molecule has 1 aliphatic heterocycles. The van der Waals surface area contributed by atoms with Gasteiger partial charge in [-0.1, -0.05) is 24.3 Å². The summed E-state index contributed by atoms with van der Waals surface area (Å²) in [5.41, 5.74) is 0.504. The van der Waals surface area contributed by atoms with Crippen molar-refractivity contribution < 1.29 is 22.7 Å². The molecule has 1 heterocycles. The maximum Gasteiger partial charge on any atom is 0.251 e. The first-order chi connectivity index (χ1) is 11.7. The molecule has 1 aliphatic rings. The van der Waals surface area contributed by atoms with E-state index in [0.717, 1.165) is 6.07 Å². The van der Waals surface area contributed by atoms with Crippen molar-refractivity contribution in [1.29, 1.82) is 0 Å². The highest BCUT2D eigenvalue weighted by Crippen LogP contribution is 2.31. The lowest BCUT2D eigenvalue weighted by atomic mass is 10.00. The fraction of sp³-hybridized carbons (Fsp3) is 0.278. The molecule has 5 nitrogen and oxygen atoms in total. The van der Waals surface area contributed by atoms with Crippen LogP contribution in [0.3, 0.4) is 0 Å². The topological polar surface area (TPSA) is 83.5 Å². The molecule has 1 saturated heterocycles. The van der Waals surface area contributed by atoms with Crippen molar-refractivity contribution in [2.75, 3.05) is 11.5 Å². The van der Waals surface area contributed by atoms with Gasteiger partial charge in [0.15, 0.2) is 21.4 Å². The number of halogens is 1. The van der Waals surface area contributed by atoms with E-state index in [2.05, 4.69) is 5.32 Å². The third-order valence-corrected chi connectivity index (χ3v) is 6.27. The van der Waals surface area contributed by atoms with Crippen molar-refractivity contribution >= 4 is 15.7 Å². The molecule has 0 bridgehead atoms. The summed E-state index contributed by atoms with van der Waals surface area (Å²) in [6, 6.07) is 10.6. The van der Waals surface area contributed by atoms with Crippen LogP contribution in [-0.2, 0) is 9.84 Å². The number of benzene rings is 2. The van der Waals surface area contributed by atoms with Crippen LogP contribution in [0.4, 0.5) is 4.39 Å². The molecule has 1 fully saturated rings. The molecule has 0 aliphatic carbocycles. The quantitative estimate of drug-likeness (QED) is 0.878. The van der Waals surface area contributed by atoms with Gasteiger partial charge in [0, 0.05) is 11.1 Å². The highest BCUT2D eigenvalue weighted by molar-refractivity contribution is 7.91. The second-order valence-electron chi connectivity index (χ2n) is 6.57. The molecular formula is C18H18FNO4S. The van der Waals surface area contributed by atoms with Crippen molar-refractivity contribution in [1.82, 2.24) is 5.32 Å². The SMILES string of the molecule is C[C@]1(NC(=O)c2ccc(-c3cccc(F)c3O)cc2)CCS(=O)(=O)C1. The van der Waals surface area contributed by atoms with Crippen LogP contribution in [0.1, 0.15) is 23.7 Å². The van der Waals surface area contributed by atoms with Crippen molar-refractivity contribution in [2.24, 2.45) is 0 Å². The third kappa shape index (κ3) is 3.66. The number of aromatic hydroxyl groups is 1. The van der Waals surface area contributed by atoms with Gasteiger partial charge in [0.1, 0.15) is 0 Å². The first-order valence-corrected chi connectivity index (χ1v) is 9.62. The lowest BCUT2D eigenvalue weighted by Gasteiger charge is -2.23. The third-order valence-electron chi connectivity index (χ3n) is 4.36. The Bertz CT molecular complexity index is 925. The average molecular weight is 363 g/mol. The molecule has 132 valence electrons. The molecule has 3 rings (SSSR count). The van der Waals surface area contributed by atoms with E-state index in [1.807, 2.05) is 0 Å². The summed E-state index contributed by atoms with van der Waals surface area (Å²) in [6.45, 7) is 1.72. The Morgan fingerprint density at radius 2 is 1.88 bits per heavy atom. The van der Waals surface area contributed by atoms with Crippen LogP contribution in [0.5, 0.6) is 5.75 Å². The van der Waals surface area contributed by atoms with E-state index in [1.165, 1.54) is 6.07 Å². The average Bonchev–Trinajstić information content (AvgIpc) is 2.83. The minimum Gasteiger partial charge on any atom is -0.504 e. The monoisotopic (exact) mass is 363 g/mol. The number of phenols is 1. The van der Waals surface area contributed by atoms with E-state index in [9.17, 15) is 22.7 Å². The molecule has 25 heavy (non-hydrogen) atoms. The molecule has 2 aromatic carbocycles. The molecule has 0 radical (unpaired) electrons. The van der Waals surface area contributed by atoms with Gasteiger partial charge in [-0.05, 0) is 37.1 Å². The fourth-order valence-corrected chi connectivity index (χ4v) is 5.10. The first kappa shape index (κ1) is 17.4. The molecule has 2 aromatic rings. The predicted octanol–water partition coefficient (Wildman–Crippen LogP) is 2.51. The van der Waals surface area contributed by atoms with Crippen molar-refractivity contribution in [3.63, 3.8) is 0 Å². The maximum atomic E-state index is 13.4. The summed E-state index contributed by atoms with van der Waals surface area (Å²) in [4.78, 5) is 12.4. The standard InChI is InChI=1S/C18H18FNO4S/c1-18(9-10-25(23,24)11-18)20-17(22)13-7-5-12(6-8-13)14-3-2-4-15(19)16(14)21/h2-8,21H,9-11H2,1H3,(H,20,22)/t18-/m0/s1. The van der Waals surface area contributed by atoms with E-state index < -0.39 is 26.9 Å².